The molecule has 3 atom stereocenters. The van der Waals surface area contributed by atoms with Crippen molar-refractivity contribution in [2.24, 2.45) is 4.99 Å². The van der Waals surface area contributed by atoms with Crippen LogP contribution in [0.1, 0.15) is 48.7 Å². The van der Waals surface area contributed by atoms with Gasteiger partial charge in [-0.25, -0.2) is 9.98 Å². The van der Waals surface area contributed by atoms with E-state index in [-0.39, 0.29) is 23.4 Å². The zero-order valence-electron chi connectivity index (χ0n) is 22.5. The Balaban J connectivity index is 1.13. The lowest BCUT2D eigenvalue weighted by atomic mass is 9.71. The maximum absolute atomic E-state index is 13.3. The Kier molecular flexibility index (Phi) is 5.71. The van der Waals surface area contributed by atoms with Gasteiger partial charge >= 0.3 is 6.01 Å². The summed E-state index contributed by atoms with van der Waals surface area (Å²) in [4.78, 5) is 25.6. The first-order valence-corrected chi connectivity index (χ1v) is 14.9. The van der Waals surface area contributed by atoms with Crippen molar-refractivity contribution >= 4 is 39.7 Å². The summed E-state index contributed by atoms with van der Waals surface area (Å²) < 4.78 is 12.0. The topological polar surface area (TPSA) is 118 Å². The van der Waals surface area contributed by atoms with Gasteiger partial charge in [-0.15, -0.1) is 16.4 Å². The second-order valence-corrected chi connectivity index (χ2v) is 12.3. The highest BCUT2D eigenvalue weighted by molar-refractivity contribution is 7.16. The lowest BCUT2D eigenvalue weighted by molar-refractivity contribution is -0.116. The number of benzodiazepines with no additional fused rings is 1. The van der Waals surface area contributed by atoms with Crippen molar-refractivity contribution in [3.05, 3.63) is 70.7 Å². The molecule has 0 bridgehead atoms. The number of aromatic nitrogens is 3. The van der Waals surface area contributed by atoms with Crippen LogP contribution in [-0.4, -0.2) is 58.3 Å². The number of benzene rings is 2. The number of hydrogen-bond acceptors (Lipinski definition) is 10. The van der Waals surface area contributed by atoms with Crippen LogP contribution in [0.5, 0.6) is 0 Å². The van der Waals surface area contributed by atoms with Gasteiger partial charge in [-0.2, -0.15) is 0 Å². The van der Waals surface area contributed by atoms with Gasteiger partial charge in [0.1, 0.15) is 10.0 Å². The van der Waals surface area contributed by atoms with Gasteiger partial charge in [0.05, 0.1) is 30.2 Å². The SMILES string of the molecule is CC1(c2nc(-c3nnc(N[C@H]4N=C(c5ccccc5)c5ccccc5NC4=O)o3)c(N3CCO[C@H]4C[C@H]43)s2)CCC1. The van der Waals surface area contributed by atoms with E-state index in [0.29, 0.717) is 35.6 Å². The summed E-state index contributed by atoms with van der Waals surface area (Å²) in [5.74, 6) is 0.0203. The normalized spacial score (nSPS) is 24.3. The molecular weight excluding hydrogens is 538 g/mol. The van der Waals surface area contributed by atoms with E-state index < -0.39 is 6.17 Å². The van der Waals surface area contributed by atoms with Crippen LogP contribution in [0.4, 0.5) is 16.7 Å². The molecule has 2 aromatic carbocycles. The van der Waals surface area contributed by atoms with Crippen LogP contribution in [-0.2, 0) is 14.9 Å². The van der Waals surface area contributed by atoms with Crippen molar-refractivity contribution < 1.29 is 13.9 Å². The summed E-state index contributed by atoms with van der Waals surface area (Å²) in [6, 6.07) is 18.0. The van der Waals surface area contributed by atoms with Crippen molar-refractivity contribution in [3.63, 3.8) is 0 Å². The zero-order chi connectivity index (χ0) is 27.6. The number of carbonyl (C=O) groups is 1. The highest BCUT2D eigenvalue weighted by atomic mass is 32.1. The number of anilines is 3. The van der Waals surface area contributed by atoms with Crippen LogP contribution < -0.4 is 15.5 Å². The molecule has 2 aliphatic carbocycles. The van der Waals surface area contributed by atoms with E-state index in [4.69, 9.17) is 19.1 Å². The minimum absolute atomic E-state index is 0.0873. The quantitative estimate of drug-likeness (QED) is 0.340. The molecule has 2 saturated carbocycles. The fourth-order valence-electron chi connectivity index (χ4n) is 5.89. The van der Waals surface area contributed by atoms with Crippen LogP contribution in [0.15, 0.2) is 64.0 Å². The first-order chi connectivity index (χ1) is 20.1. The standard InChI is InChI=1S/C30H29N7O3S/c1-30(12-7-13-30)28-33-23(27(41-28)37-14-15-39-21-16-20(21)37)26-35-36-29(40-26)34-24-25(38)31-19-11-6-5-10-18(19)22(32-24)17-8-3-2-4-9-17/h2-6,8-11,20-21,24H,7,12-16H2,1H3,(H,31,38)(H,34,36)/t20-,21+,24-/m1/s1. The van der Waals surface area contributed by atoms with Crippen molar-refractivity contribution in [3.8, 4) is 11.6 Å². The first-order valence-electron chi connectivity index (χ1n) is 14.1. The molecular formula is C30H29N7O3S. The molecule has 11 heteroatoms. The van der Waals surface area contributed by atoms with Crippen molar-refractivity contribution in [1.29, 1.82) is 0 Å². The Morgan fingerprint density at radius 1 is 1.10 bits per heavy atom. The van der Waals surface area contributed by atoms with E-state index in [1.807, 2.05) is 54.6 Å². The maximum atomic E-state index is 13.3. The highest BCUT2D eigenvalue weighted by Gasteiger charge is 2.48. The summed E-state index contributed by atoms with van der Waals surface area (Å²) in [7, 11) is 0. The molecule has 10 nitrogen and oxygen atoms in total. The van der Waals surface area contributed by atoms with E-state index in [9.17, 15) is 4.79 Å². The molecule has 2 N–H and O–H groups in total. The molecule has 8 rings (SSSR count). The third kappa shape index (κ3) is 4.31. The summed E-state index contributed by atoms with van der Waals surface area (Å²) in [5.41, 5.74) is 3.94. The van der Waals surface area contributed by atoms with Crippen LogP contribution in [0.25, 0.3) is 11.6 Å². The van der Waals surface area contributed by atoms with E-state index >= 15 is 0 Å². The maximum Gasteiger partial charge on any atom is 0.317 e. The minimum Gasteiger partial charge on any atom is -0.402 e. The number of carbonyl (C=O) groups excluding carboxylic acids is 1. The minimum atomic E-state index is -0.975. The molecule has 41 heavy (non-hydrogen) atoms. The number of morpholine rings is 1. The lowest BCUT2D eigenvalue weighted by Crippen LogP contribution is -2.36. The molecule has 2 aliphatic heterocycles. The summed E-state index contributed by atoms with van der Waals surface area (Å²) >= 11 is 1.74. The summed E-state index contributed by atoms with van der Waals surface area (Å²) in [5, 5.41) is 16.9. The number of aliphatic imine (C=N–C) groups is 1. The summed E-state index contributed by atoms with van der Waals surface area (Å²) in [6.07, 6.45) is 3.82. The smallest absolute Gasteiger partial charge is 0.317 e. The van der Waals surface area contributed by atoms with Crippen molar-refractivity contribution in [2.75, 3.05) is 28.7 Å². The summed E-state index contributed by atoms with van der Waals surface area (Å²) in [6.45, 7) is 3.79. The number of nitrogens with one attached hydrogen (secondary N) is 2. The van der Waals surface area contributed by atoms with Gasteiger partial charge in [-0.1, -0.05) is 67.0 Å². The lowest BCUT2D eigenvalue weighted by Gasteiger charge is -2.36. The van der Waals surface area contributed by atoms with E-state index in [1.165, 1.54) is 6.42 Å². The number of para-hydroxylation sites is 1. The van der Waals surface area contributed by atoms with Crippen LogP contribution >= 0.6 is 11.3 Å². The first kappa shape index (κ1) is 24.7. The number of rotatable bonds is 6. The fraction of sp³-hybridized carbons (Fsp3) is 0.367. The van der Waals surface area contributed by atoms with E-state index in [0.717, 1.165) is 46.9 Å². The molecule has 4 aliphatic rings. The number of nitrogens with zero attached hydrogens (tertiary/aromatic N) is 5. The highest BCUT2D eigenvalue weighted by Crippen LogP contribution is 2.51. The molecule has 0 spiro atoms. The molecule has 2 aromatic heterocycles. The molecule has 0 unspecified atom stereocenters. The molecule has 4 heterocycles. The number of amides is 1. The second-order valence-electron chi connectivity index (χ2n) is 11.3. The van der Waals surface area contributed by atoms with Gasteiger partial charge in [0.25, 0.3) is 11.8 Å². The van der Waals surface area contributed by atoms with E-state index in [2.05, 4.69) is 32.7 Å². The molecule has 4 aromatic rings. The predicted molar refractivity (Wildman–Crippen MR) is 157 cm³/mol. The Morgan fingerprint density at radius 3 is 2.76 bits per heavy atom. The zero-order valence-corrected chi connectivity index (χ0v) is 23.4. The average Bonchev–Trinajstić information content (AvgIpc) is 3.47. The molecule has 208 valence electrons. The van der Waals surface area contributed by atoms with Gasteiger partial charge in [0, 0.05) is 23.1 Å². The van der Waals surface area contributed by atoms with E-state index in [1.54, 1.807) is 11.3 Å². The fourth-order valence-corrected chi connectivity index (χ4v) is 7.23. The largest absolute Gasteiger partial charge is 0.402 e. The average molecular weight is 568 g/mol. The Morgan fingerprint density at radius 2 is 1.93 bits per heavy atom. The molecule has 1 amide bonds. The monoisotopic (exact) mass is 567 g/mol. The number of ether oxygens (including phenoxy) is 1. The van der Waals surface area contributed by atoms with Crippen LogP contribution in [0, 0.1) is 0 Å². The van der Waals surface area contributed by atoms with Crippen molar-refractivity contribution in [2.45, 2.75) is 56.3 Å². The third-order valence-electron chi connectivity index (χ3n) is 8.49. The van der Waals surface area contributed by atoms with Crippen molar-refractivity contribution in [1.82, 2.24) is 15.2 Å². The Hall–Kier alpha value is -4.09. The van der Waals surface area contributed by atoms with Gasteiger partial charge in [-0.3, -0.25) is 4.79 Å². The number of thiazole rings is 1. The molecule has 1 saturated heterocycles. The Bertz CT molecular complexity index is 1660. The van der Waals surface area contributed by atoms with Gasteiger partial charge < -0.3 is 24.7 Å². The van der Waals surface area contributed by atoms with Gasteiger partial charge in [-0.05, 0) is 25.3 Å². The Labute approximate surface area is 240 Å². The second kappa shape index (κ2) is 9.49. The predicted octanol–water partition coefficient (Wildman–Crippen LogP) is 4.84. The van der Waals surface area contributed by atoms with Gasteiger partial charge in [0.15, 0.2) is 5.69 Å². The van der Waals surface area contributed by atoms with Gasteiger partial charge in [0.2, 0.25) is 6.17 Å². The molecule has 3 fully saturated rings. The number of fused-ring (bicyclic) bond motifs is 2. The number of hydrogen-bond donors (Lipinski definition) is 2. The molecule has 0 radical (unpaired) electrons. The van der Waals surface area contributed by atoms with Crippen LogP contribution in [0.2, 0.25) is 0 Å². The van der Waals surface area contributed by atoms with Crippen LogP contribution in [0.3, 0.4) is 0 Å². The third-order valence-corrected chi connectivity index (χ3v) is 9.89.